The molecular weight excluding hydrogens is 317 g/mol. The highest BCUT2D eigenvalue weighted by atomic mass is 32.1. The monoisotopic (exact) mass is 335 g/mol. The van der Waals surface area contributed by atoms with Crippen molar-refractivity contribution < 1.29 is 4.39 Å². The minimum atomic E-state index is -0.277. The zero-order valence-electron chi connectivity index (χ0n) is 12.2. The normalized spacial score (nSPS) is 15.8. The Bertz CT molecular complexity index is 622. The largest absolute Gasteiger partial charge is 0.346 e. The molecule has 1 aromatic carbocycles. The Morgan fingerprint density at radius 3 is 2.59 bits per heavy atom. The number of hydrogen-bond acceptors (Lipinski definition) is 3. The van der Waals surface area contributed by atoms with E-state index in [0.29, 0.717) is 10.8 Å². The van der Waals surface area contributed by atoms with Crippen molar-refractivity contribution in [2.75, 3.05) is 31.5 Å². The van der Waals surface area contributed by atoms with Crippen LogP contribution in [0.2, 0.25) is 0 Å². The molecule has 1 saturated heterocycles. The Labute approximate surface area is 139 Å². The third-order valence-electron chi connectivity index (χ3n) is 3.73. The molecule has 0 radical (unpaired) electrons. The van der Waals surface area contributed by atoms with Crippen LogP contribution in [-0.4, -0.2) is 41.1 Å². The first kappa shape index (κ1) is 15.4. The Morgan fingerprint density at radius 1 is 1.14 bits per heavy atom. The third kappa shape index (κ3) is 3.82. The SMILES string of the molecule is Fc1ccccc1NC(=S)N1CCN(Cc2cccs2)CC1. The number of anilines is 1. The average Bonchev–Trinajstić information content (AvgIpc) is 3.03. The lowest BCUT2D eigenvalue weighted by Crippen LogP contribution is -2.49. The molecule has 3 nitrogen and oxygen atoms in total. The maximum Gasteiger partial charge on any atom is 0.173 e. The molecule has 116 valence electrons. The zero-order chi connectivity index (χ0) is 15.4. The molecule has 0 unspecified atom stereocenters. The molecule has 1 fully saturated rings. The first-order valence-electron chi connectivity index (χ1n) is 7.27. The molecule has 6 heteroatoms. The molecule has 0 atom stereocenters. The van der Waals surface area contributed by atoms with E-state index in [-0.39, 0.29) is 5.82 Å². The predicted molar refractivity (Wildman–Crippen MR) is 93.8 cm³/mol. The first-order valence-corrected chi connectivity index (χ1v) is 8.56. The molecule has 22 heavy (non-hydrogen) atoms. The number of rotatable bonds is 3. The summed E-state index contributed by atoms with van der Waals surface area (Å²) < 4.78 is 13.6. The second-order valence-electron chi connectivity index (χ2n) is 5.25. The summed E-state index contributed by atoms with van der Waals surface area (Å²) in [6.45, 7) is 4.67. The summed E-state index contributed by atoms with van der Waals surface area (Å²) in [6, 6.07) is 10.9. The van der Waals surface area contributed by atoms with Crippen LogP contribution in [-0.2, 0) is 6.54 Å². The maximum atomic E-state index is 13.6. The Kier molecular flexibility index (Phi) is 5.02. The van der Waals surface area contributed by atoms with Gasteiger partial charge in [0.1, 0.15) is 5.82 Å². The minimum Gasteiger partial charge on any atom is -0.346 e. The highest BCUT2D eigenvalue weighted by molar-refractivity contribution is 7.80. The van der Waals surface area contributed by atoms with Gasteiger partial charge in [-0.1, -0.05) is 18.2 Å². The number of thiocarbonyl (C=S) groups is 1. The van der Waals surface area contributed by atoms with Gasteiger partial charge >= 0.3 is 0 Å². The molecule has 0 spiro atoms. The third-order valence-corrected chi connectivity index (χ3v) is 4.96. The summed E-state index contributed by atoms with van der Waals surface area (Å²) in [5.41, 5.74) is 0.438. The molecular formula is C16H18FN3S2. The van der Waals surface area contributed by atoms with Crippen LogP contribution in [0.5, 0.6) is 0 Å². The van der Waals surface area contributed by atoms with Crippen LogP contribution in [0, 0.1) is 5.82 Å². The van der Waals surface area contributed by atoms with Gasteiger partial charge in [-0.25, -0.2) is 4.39 Å². The van der Waals surface area contributed by atoms with Crippen LogP contribution < -0.4 is 5.32 Å². The number of hydrogen-bond donors (Lipinski definition) is 1. The number of para-hydroxylation sites is 1. The Hall–Kier alpha value is -1.50. The van der Waals surface area contributed by atoms with Gasteiger partial charge in [0.15, 0.2) is 5.11 Å². The summed E-state index contributed by atoms with van der Waals surface area (Å²) in [5.74, 6) is -0.277. The molecule has 1 aromatic heterocycles. The van der Waals surface area contributed by atoms with Crippen LogP contribution in [0.15, 0.2) is 41.8 Å². The van der Waals surface area contributed by atoms with Crippen molar-refractivity contribution in [1.29, 1.82) is 0 Å². The van der Waals surface area contributed by atoms with Gasteiger partial charge in [0.05, 0.1) is 5.69 Å². The molecule has 3 rings (SSSR count). The van der Waals surface area contributed by atoms with Crippen LogP contribution in [0.4, 0.5) is 10.1 Å². The van der Waals surface area contributed by atoms with Gasteiger partial charge in [-0.3, -0.25) is 4.90 Å². The summed E-state index contributed by atoms with van der Waals surface area (Å²) >= 11 is 7.19. The molecule has 0 bridgehead atoms. The fraction of sp³-hybridized carbons (Fsp3) is 0.312. The van der Waals surface area contributed by atoms with Gasteiger partial charge in [-0.2, -0.15) is 0 Å². The summed E-state index contributed by atoms with van der Waals surface area (Å²) in [6.07, 6.45) is 0. The minimum absolute atomic E-state index is 0.277. The van der Waals surface area contributed by atoms with Crippen LogP contribution >= 0.6 is 23.6 Å². The summed E-state index contributed by atoms with van der Waals surface area (Å²) in [5, 5.41) is 5.71. The first-order chi connectivity index (χ1) is 10.7. The van der Waals surface area contributed by atoms with Crippen molar-refractivity contribution >= 4 is 34.4 Å². The highest BCUT2D eigenvalue weighted by Crippen LogP contribution is 2.16. The van der Waals surface area contributed by atoms with Gasteiger partial charge in [0.25, 0.3) is 0 Å². The predicted octanol–water partition coefficient (Wildman–Crippen LogP) is 3.40. The average molecular weight is 335 g/mol. The van der Waals surface area contributed by atoms with Gasteiger partial charge < -0.3 is 10.2 Å². The standard InChI is InChI=1S/C16H18FN3S2/c17-14-5-1-2-6-15(14)18-16(21)20-9-7-19(8-10-20)12-13-4-3-11-22-13/h1-6,11H,7-10,12H2,(H,18,21). The quantitative estimate of drug-likeness (QED) is 0.866. The summed E-state index contributed by atoms with van der Waals surface area (Å²) in [4.78, 5) is 5.92. The molecule has 0 amide bonds. The lowest BCUT2D eigenvalue weighted by Gasteiger charge is -2.36. The number of nitrogens with one attached hydrogen (secondary N) is 1. The fourth-order valence-corrected chi connectivity index (χ4v) is 3.53. The number of halogens is 1. The summed E-state index contributed by atoms with van der Waals surface area (Å²) in [7, 11) is 0. The van der Waals surface area contributed by atoms with Crippen LogP contribution in [0.25, 0.3) is 0 Å². The van der Waals surface area contributed by atoms with Gasteiger partial charge in [-0.15, -0.1) is 11.3 Å². The fourth-order valence-electron chi connectivity index (χ4n) is 2.49. The van der Waals surface area contributed by atoms with Gasteiger partial charge in [-0.05, 0) is 35.8 Å². The van der Waals surface area contributed by atoms with E-state index >= 15 is 0 Å². The van der Waals surface area contributed by atoms with E-state index in [1.807, 2.05) is 0 Å². The second-order valence-corrected chi connectivity index (χ2v) is 6.67. The molecule has 0 aliphatic carbocycles. The van der Waals surface area contributed by atoms with Gasteiger partial charge in [0.2, 0.25) is 0 Å². The van der Waals surface area contributed by atoms with E-state index in [4.69, 9.17) is 12.2 Å². The van der Waals surface area contributed by atoms with Crippen molar-refractivity contribution in [2.45, 2.75) is 6.54 Å². The Morgan fingerprint density at radius 2 is 1.91 bits per heavy atom. The van der Waals surface area contributed by atoms with Crippen LogP contribution in [0.1, 0.15) is 4.88 Å². The van der Waals surface area contributed by atoms with Crippen molar-refractivity contribution in [3.05, 3.63) is 52.5 Å². The van der Waals surface area contributed by atoms with Crippen molar-refractivity contribution in [2.24, 2.45) is 0 Å². The van der Waals surface area contributed by atoms with E-state index in [9.17, 15) is 4.39 Å². The topological polar surface area (TPSA) is 18.5 Å². The number of thiophene rings is 1. The number of benzene rings is 1. The molecule has 1 aliphatic heterocycles. The van der Waals surface area contributed by atoms with E-state index in [1.165, 1.54) is 10.9 Å². The molecule has 1 N–H and O–H groups in total. The van der Waals surface area contributed by atoms with E-state index in [2.05, 4.69) is 32.6 Å². The molecule has 2 heterocycles. The Balaban J connectivity index is 1.50. The van der Waals surface area contributed by atoms with E-state index in [1.54, 1.807) is 29.5 Å². The molecule has 1 aliphatic rings. The van der Waals surface area contributed by atoms with Gasteiger partial charge in [0, 0.05) is 37.6 Å². The molecule has 0 saturated carbocycles. The van der Waals surface area contributed by atoms with Crippen molar-refractivity contribution in [3.63, 3.8) is 0 Å². The number of piperazine rings is 1. The van der Waals surface area contributed by atoms with Crippen molar-refractivity contribution in [1.82, 2.24) is 9.80 Å². The smallest absolute Gasteiger partial charge is 0.173 e. The second kappa shape index (κ2) is 7.17. The van der Waals surface area contributed by atoms with E-state index in [0.717, 1.165) is 32.7 Å². The lowest BCUT2D eigenvalue weighted by atomic mass is 10.3. The highest BCUT2D eigenvalue weighted by Gasteiger charge is 2.19. The van der Waals surface area contributed by atoms with Crippen LogP contribution in [0.3, 0.4) is 0 Å². The van der Waals surface area contributed by atoms with E-state index < -0.39 is 0 Å². The zero-order valence-corrected chi connectivity index (χ0v) is 13.8. The lowest BCUT2D eigenvalue weighted by molar-refractivity contribution is 0.178. The maximum absolute atomic E-state index is 13.6. The molecule has 2 aromatic rings. The van der Waals surface area contributed by atoms with Crippen molar-refractivity contribution in [3.8, 4) is 0 Å². The number of nitrogens with zero attached hydrogens (tertiary/aromatic N) is 2.